The highest BCUT2D eigenvalue weighted by molar-refractivity contribution is 7.09. The molecule has 3 nitrogen and oxygen atoms in total. The lowest BCUT2D eigenvalue weighted by Gasteiger charge is -2.20. The maximum atomic E-state index is 5.90. The van der Waals surface area contributed by atoms with E-state index in [4.69, 9.17) is 5.73 Å². The molecule has 0 saturated heterocycles. The summed E-state index contributed by atoms with van der Waals surface area (Å²) >= 11 is 1.71. The molecular formula is C15H21N3S. The highest BCUT2D eigenvalue weighted by atomic mass is 32.1. The Kier molecular flexibility index (Phi) is 5.51. The summed E-state index contributed by atoms with van der Waals surface area (Å²) in [5.74, 6) is 0.357. The standard InChI is InChI=1S/C15H21N3S/c1-2-14(15-17-8-9-19-15)18-11-13(10-16)12-6-4-3-5-7-12/h3-9,13-14,18H,2,10-11,16H2,1H3. The average Bonchev–Trinajstić information content (AvgIpc) is 2.99. The van der Waals surface area contributed by atoms with Crippen molar-refractivity contribution in [3.8, 4) is 0 Å². The normalized spacial score (nSPS) is 14.2. The van der Waals surface area contributed by atoms with Crippen molar-refractivity contribution in [2.75, 3.05) is 13.1 Å². The van der Waals surface area contributed by atoms with Crippen LogP contribution in [0.2, 0.25) is 0 Å². The number of nitrogens with one attached hydrogen (secondary N) is 1. The quantitative estimate of drug-likeness (QED) is 0.817. The van der Waals surface area contributed by atoms with Gasteiger partial charge in [0, 0.05) is 30.6 Å². The molecule has 1 aromatic heterocycles. The molecular weight excluding hydrogens is 254 g/mol. The molecule has 102 valence electrons. The van der Waals surface area contributed by atoms with Crippen LogP contribution in [0.1, 0.15) is 35.9 Å². The molecule has 0 aliphatic carbocycles. The Bertz CT molecular complexity index is 456. The number of thiazole rings is 1. The van der Waals surface area contributed by atoms with Gasteiger partial charge in [-0.3, -0.25) is 0 Å². The van der Waals surface area contributed by atoms with E-state index in [9.17, 15) is 0 Å². The summed E-state index contributed by atoms with van der Waals surface area (Å²) in [7, 11) is 0. The summed E-state index contributed by atoms with van der Waals surface area (Å²) in [6.45, 7) is 3.73. The minimum absolute atomic E-state index is 0.331. The summed E-state index contributed by atoms with van der Waals surface area (Å²) in [4.78, 5) is 4.39. The van der Waals surface area contributed by atoms with Gasteiger partial charge < -0.3 is 11.1 Å². The van der Waals surface area contributed by atoms with Crippen LogP contribution in [0.15, 0.2) is 41.9 Å². The van der Waals surface area contributed by atoms with Gasteiger partial charge in [-0.15, -0.1) is 11.3 Å². The molecule has 1 heterocycles. The summed E-state index contributed by atoms with van der Waals surface area (Å²) < 4.78 is 0. The number of aromatic nitrogens is 1. The molecule has 0 aliphatic heterocycles. The zero-order chi connectivity index (χ0) is 13.5. The molecule has 0 amide bonds. The SMILES string of the molecule is CCC(NCC(CN)c1ccccc1)c1nccs1. The minimum atomic E-state index is 0.331. The van der Waals surface area contributed by atoms with E-state index in [0.29, 0.717) is 18.5 Å². The Morgan fingerprint density at radius 2 is 2.11 bits per heavy atom. The van der Waals surface area contributed by atoms with Crippen molar-refractivity contribution in [3.05, 3.63) is 52.5 Å². The third-order valence-corrected chi connectivity index (χ3v) is 4.21. The zero-order valence-corrected chi connectivity index (χ0v) is 12.1. The first-order chi connectivity index (χ1) is 9.35. The second kappa shape index (κ2) is 7.38. The molecule has 19 heavy (non-hydrogen) atoms. The van der Waals surface area contributed by atoms with Crippen LogP contribution >= 0.6 is 11.3 Å². The molecule has 1 aromatic carbocycles. The molecule has 0 saturated carbocycles. The first-order valence-corrected chi connectivity index (χ1v) is 7.60. The van der Waals surface area contributed by atoms with E-state index in [2.05, 4.69) is 41.5 Å². The van der Waals surface area contributed by atoms with Crippen molar-refractivity contribution in [2.45, 2.75) is 25.3 Å². The summed E-state index contributed by atoms with van der Waals surface area (Å²) in [5, 5.41) is 6.77. The highest BCUT2D eigenvalue weighted by Gasteiger charge is 2.15. The van der Waals surface area contributed by atoms with Gasteiger partial charge in [0.15, 0.2) is 0 Å². The van der Waals surface area contributed by atoms with E-state index < -0.39 is 0 Å². The first kappa shape index (κ1) is 14.2. The number of nitrogens with zero attached hydrogens (tertiary/aromatic N) is 1. The maximum Gasteiger partial charge on any atom is 0.109 e. The minimum Gasteiger partial charge on any atom is -0.330 e. The molecule has 2 atom stereocenters. The number of hydrogen-bond donors (Lipinski definition) is 2. The summed E-state index contributed by atoms with van der Waals surface area (Å²) in [6, 6.07) is 10.8. The smallest absolute Gasteiger partial charge is 0.109 e. The lowest BCUT2D eigenvalue weighted by Crippen LogP contribution is -2.29. The predicted octanol–water partition coefficient (Wildman–Crippen LogP) is 2.93. The molecule has 0 spiro atoms. The van der Waals surface area contributed by atoms with Crippen LogP contribution in [0, 0.1) is 0 Å². The van der Waals surface area contributed by atoms with Gasteiger partial charge in [0.05, 0.1) is 6.04 Å². The van der Waals surface area contributed by atoms with E-state index in [0.717, 1.165) is 18.0 Å². The van der Waals surface area contributed by atoms with Crippen molar-refractivity contribution in [1.82, 2.24) is 10.3 Å². The van der Waals surface area contributed by atoms with Crippen LogP contribution in [0.3, 0.4) is 0 Å². The van der Waals surface area contributed by atoms with Crippen molar-refractivity contribution in [2.24, 2.45) is 5.73 Å². The summed E-state index contributed by atoms with van der Waals surface area (Å²) in [6.07, 6.45) is 2.90. The Morgan fingerprint density at radius 3 is 2.68 bits per heavy atom. The lowest BCUT2D eigenvalue weighted by atomic mass is 9.99. The number of benzene rings is 1. The van der Waals surface area contributed by atoms with E-state index in [-0.39, 0.29) is 0 Å². The Balaban J connectivity index is 1.96. The fraction of sp³-hybridized carbons (Fsp3) is 0.400. The number of nitrogens with two attached hydrogens (primary N) is 1. The Hall–Kier alpha value is -1.23. The molecule has 0 aliphatic rings. The molecule has 0 fully saturated rings. The van der Waals surface area contributed by atoms with Gasteiger partial charge in [0.1, 0.15) is 5.01 Å². The fourth-order valence-electron chi connectivity index (χ4n) is 2.16. The molecule has 0 radical (unpaired) electrons. The molecule has 2 unspecified atom stereocenters. The number of rotatable bonds is 7. The van der Waals surface area contributed by atoms with Crippen LogP contribution < -0.4 is 11.1 Å². The Labute approximate surface area is 118 Å². The van der Waals surface area contributed by atoms with E-state index in [1.165, 1.54) is 5.56 Å². The van der Waals surface area contributed by atoms with Gasteiger partial charge in [0.2, 0.25) is 0 Å². The molecule has 2 aromatic rings. The third-order valence-electron chi connectivity index (χ3n) is 3.32. The largest absolute Gasteiger partial charge is 0.330 e. The van der Waals surface area contributed by atoms with Crippen molar-refractivity contribution in [1.29, 1.82) is 0 Å². The number of hydrogen-bond acceptors (Lipinski definition) is 4. The van der Waals surface area contributed by atoms with Crippen LogP contribution in [0.5, 0.6) is 0 Å². The Morgan fingerprint density at radius 1 is 1.32 bits per heavy atom. The highest BCUT2D eigenvalue weighted by Crippen LogP contribution is 2.20. The summed E-state index contributed by atoms with van der Waals surface area (Å²) in [5.41, 5.74) is 7.20. The lowest BCUT2D eigenvalue weighted by molar-refractivity contribution is 0.484. The van der Waals surface area contributed by atoms with E-state index in [1.807, 2.05) is 17.6 Å². The van der Waals surface area contributed by atoms with Gasteiger partial charge in [0.25, 0.3) is 0 Å². The van der Waals surface area contributed by atoms with Gasteiger partial charge in [-0.25, -0.2) is 4.98 Å². The average molecular weight is 275 g/mol. The molecule has 0 bridgehead atoms. The molecule has 2 rings (SSSR count). The van der Waals surface area contributed by atoms with Crippen LogP contribution in [-0.2, 0) is 0 Å². The van der Waals surface area contributed by atoms with Crippen molar-refractivity contribution in [3.63, 3.8) is 0 Å². The van der Waals surface area contributed by atoms with Gasteiger partial charge in [-0.2, -0.15) is 0 Å². The maximum absolute atomic E-state index is 5.90. The predicted molar refractivity (Wildman–Crippen MR) is 81.4 cm³/mol. The van der Waals surface area contributed by atoms with E-state index in [1.54, 1.807) is 11.3 Å². The van der Waals surface area contributed by atoms with Crippen molar-refractivity contribution >= 4 is 11.3 Å². The second-order valence-corrected chi connectivity index (χ2v) is 5.51. The third kappa shape index (κ3) is 3.86. The van der Waals surface area contributed by atoms with Crippen LogP contribution in [0.4, 0.5) is 0 Å². The van der Waals surface area contributed by atoms with E-state index >= 15 is 0 Å². The second-order valence-electron chi connectivity index (χ2n) is 4.58. The van der Waals surface area contributed by atoms with Crippen LogP contribution in [-0.4, -0.2) is 18.1 Å². The van der Waals surface area contributed by atoms with Crippen molar-refractivity contribution < 1.29 is 0 Å². The zero-order valence-electron chi connectivity index (χ0n) is 11.3. The first-order valence-electron chi connectivity index (χ1n) is 6.73. The van der Waals surface area contributed by atoms with Gasteiger partial charge in [-0.1, -0.05) is 37.3 Å². The van der Waals surface area contributed by atoms with Crippen LogP contribution in [0.25, 0.3) is 0 Å². The molecule has 4 heteroatoms. The monoisotopic (exact) mass is 275 g/mol. The fourth-order valence-corrected chi connectivity index (χ4v) is 2.96. The molecule has 3 N–H and O–H groups in total. The van der Waals surface area contributed by atoms with Gasteiger partial charge >= 0.3 is 0 Å². The topological polar surface area (TPSA) is 50.9 Å². The van der Waals surface area contributed by atoms with Gasteiger partial charge in [-0.05, 0) is 12.0 Å².